The number of benzene rings is 2. The van der Waals surface area contributed by atoms with Crippen LogP contribution >= 0.6 is 0 Å². The van der Waals surface area contributed by atoms with Crippen molar-refractivity contribution in [3.63, 3.8) is 0 Å². The van der Waals surface area contributed by atoms with Crippen LogP contribution in [0.2, 0.25) is 0 Å². The van der Waals surface area contributed by atoms with Gasteiger partial charge in [-0.15, -0.1) is 0 Å². The van der Waals surface area contributed by atoms with Crippen LogP contribution in [0.4, 0.5) is 0 Å². The van der Waals surface area contributed by atoms with E-state index in [1.54, 1.807) is 17.8 Å². The Hall–Kier alpha value is -1.21. The van der Waals surface area contributed by atoms with Gasteiger partial charge in [0.2, 0.25) is 0 Å². The summed E-state index contributed by atoms with van der Waals surface area (Å²) in [5.41, 5.74) is 11.8. The van der Waals surface area contributed by atoms with Gasteiger partial charge in [0.05, 0.1) is 0 Å². The van der Waals surface area contributed by atoms with Crippen LogP contribution in [0.15, 0.2) is 30.9 Å². The molecule has 1 heteroatoms. The molecule has 0 fully saturated rings. The third-order valence-electron chi connectivity index (χ3n) is 6.18. The first-order valence-electron chi connectivity index (χ1n) is 9.27. The van der Waals surface area contributed by atoms with Crippen molar-refractivity contribution in [2.24, 2.45) is 0 Å². The van der Waals surface area contributed by atoms with Crippen LogP contribution in [0.5, 0.6) is 0 Å². The maximum absolute atomic E-state index is 2.53. The van der Waals surface area contributed by atoms with Crippen molar-refractivity contribution in [1.82, 2.24) is 0 Å². The van der Waals surface area contributed by atoms with Crippen LogP contribution in [0.1, 0.15) is 70.2 Å². The average Bonchev–Trinajstić information content (AvgIpc) is 3.01. The minimum atomic E-state index is -0.979. The monoisotopic (exact) mass is 494 g/mol. The van der Waals surface area contributed by atoms with E-state index >= 15 is 0 Å². The van der Waals surface area contributed by atoms with Crippen LogP contribution in [0.3, 0.4) is 0 Å². The van der Waals surface area contributed by atoms with Crippen molar-refractivity contribution in [2.45, 2.75) is 53.4 Å². The van der Waals surface area contributed by atoms with E-state index in [1.165, 1.54) is 33.4 Å². The van der Waals surface area contributed by atoms with Gasteiger partial charge in [-0.25, -0.2) is 0 Å². The first-order valence-corrected chi connectivity index (χ1v) is 12.9. The molecule has 0 amide bonds. The third-order valence-corrected chi connectivity index (χ3v) is 12.4. The van der Waals surface area contributed by atoms with E-state index in [4.69, 9.17) is 0 Å². The topological polar surface area (TPSA) is 0 Å². The summed E-state index contributed by atoms with van der Waals surface area (Å²) in [6.07, 6.45) is 5.06. The second-order valence-electron chi connectivity index (χ2n) is 7.90. The number of aryl methyl sites for hydroxylation is 4. The number of allylic oxidation sites excluding steroid dienone is 2. The van der Waals surface area contributed by atoms with Gasteiger partial charge in [0, 0.05) is 0 Å². The van der Waals surface area contributed by atoms with Crippen LogP contribution in [-0.4, -0.2) is 0 Å². The summed E-state index contributed by atoms with van der Waals surface area (Å²) in [5, 5.41) is 0. The first kappa shape index (κ1) is 17.2. The minimum absolute atomic E-state index is 0.623. The van der Waals surface area contributed by atoms with Gasteiger partial charge in [0.25, 0.3) is 0 Å². The SMILES string of the molecule is Cc1cc2c(cc1C)C(C)[C]([Hf][C]1=Cc3cc(C)c(C)cc3C1C)=C2. The summed E-state index contributed by atoms with van der Waals surface area (Å²) in [4.78, 5) is 0. The van der Waals surface area contributed by atoms with Gasteiger partial charge in [-0.05, 0) is 0 Å². The van der Waals surface area contributed by atoms with Crippen LogP contribution < -0.4 is 0 Å². The van der Waals surface area contributed by atoms with Crippen LogP contribution in [0.25, 0.3) is 12.2 Å². The molecule has 0 spiro atoms. The molecule has 4 rings (SSSR count). The maximum atomic E-state index is 2.53. The Labute approximate surface area is 163 Å². The fourth-order valence-electron chi connectivity index (χ4n) is 4.10. The quantitative estimate of drug-likeness (QED) is 0.413. The second-order valence-corrected chi connectivity index (χ2v) is 12.9. The molecule has 0 bridgehead atoms. The Morgan fingerprint density at radius 1 is 0.600 bits per heavy atom. The molecule has 2 atom stereocenters. The molecule has 25 heavy (non-hydrogen) atoms. The standard InChI is InChI=1S/2C12H13.Hf/c2*1-8-4-5-11-6-9(2)10(3)7-12(8)11;/h2*5-8H,1-3H3;. The molecule has 2 aliphatic rings. The molecule has 0 nitrogen and oxygen atoms in total. The van der Waals surface area contributed by atoms with Gasteiger partial charge >= 0.3 is 164 Å². The zero-order chi connectivity index (χ0) is 17.9. The zero-order valence-electron chi connectivity index (χ0n) is 16.1. The summed E-state index contributed by atoms with van der Waals surface area (Å²) in [7, 11) is 0. The normalized spacial score (nSPS) is 20.9. The number of rotatable bonds is 2. The van der Waals surface area contributed by atoms with Crippen molar-refractivity contribution < 1.29 is 22.9 Å². The molecule has 2 aliphatic carbocycles. The number of hydrogen-bond donors (Lipinski definition) is 0. The molecule has 2 aromatic rings. The van der Waals surface area contributed by atoms with Crippen molar-refractivity contribution in [3.8, 4) is 0 Å². The predicted octanol–water partition coefficient (Wildman–Crippen LogP) is 6.62. The van der Waals surface area contributed by atoms with E-state index in [1.807, 2.05) is 0 Å². The Morgan fingerprint density at radius 3 is 1.36 bits per heavy atom. The van der Waals surface area contributed by atoms with Gasteiger partial charge in [-0.1, -0.05) is 0 Å². The van der Waals surface area contributed by atoms with Crippen molar-refractivity contribution in [2.75, 3.05) is 0 Å². The summed E-state index contributed by atoms with van der Waals surface area (Å²) in [6, 6.07) is 9.64. The zero-order valence-corrected chi connectivity index (χ0v) is 19.7. The molecule has 0 heterocycles. The molecule has 0 N–H and O–H groups in total. The number of hydrogen-bond acceptors (Lipinski definition) is 0. The van der Waals surface area contributed by atoms with Crippen molar-refractivity contribution in [1.29, 1.82) is 0 Å². The Kier molecular flexibility index (Phi) is 4.27. The molecule has 0 aliphatic heterocycles. The number of fused-ring (bicyclic) bond motifs is 2. The van der Waals surface area contributed by atoms with E-state index in [-0.39, 0.29) is 0 Å². The third kappa shape index (κ3) is 2.85. The van der Waals surface area contributed by atoms with Gasteiger partial charge in [-0.2, -0.15) is 0 Å². The van der Waals surface area contributed by atoms with E-state index < -0.39 is 22.9 Å². The van der Waals surface area contributed by atoms with Crippen LogP contribution in [0, 0.1) is 27.7 Å². The molecule has 0 saturated carbocycles. The molecule has 2 aromatic carbocycles. The molecule has 0 saturated heterocycles. The Bertz CT molecular complexity index is 866. The fraction of sp³-hybridized carbons (Fsp3) is 0.333. The first-order chi connectivity index (χ1) is 11.8. The summed E-state index contributed by atoms with van der Waals surface area (Å²) < 4.78 is 3.53. The van der Waals surface area contributed by atoms with E-state index in [0.29, 0.717) is 11.8 Å². The molecule has 2 unspecified atom stereocenters. The second kappa shape index (κ2) is 6.20. The molecular formula is C24H26Hf. The fourth-order valence-corrected chi connectivity index (χ4v) is 9.60. The van der Waals surface area contributed by atoms with E-state index in [9.17, 15) is 0 Å². The molecule has 126 valence electrons. The Morgan fingerprint density at radius 2 is 0.960 bits per heavy atom. The molecular weight excluding hydrogens is 467 g/mol. The van der Waals surface area contributed by atoms with Gasteiger partial charge in [-0.3, -0.25) is 0 Å². The van der Waals surface area contributed by atoms with E-state index in [0.717, 1.165) is 0 Å². The predicted molar refractivity (Wildman–Crippen MR) is 105 cm³/mol. The van der Waals surface area contributed by atoms with Crippen molar-refractivity contribution >= 4 is 12.2 Å². The summed E-state index contributed by atoms with van der Waals surface area (Å²) in [6.45, 7) is 13.8. The average molecular weight is 493 g/mol. The summed E-state index contributed by atoms with van der Waals surface area (Å²) in [5.74, 6) is 1.25. The Balaban J connectivity index is 1.64. The van der Waals surface area contributed by atoms with Gasteiger partial charge in [0.15, 0.2) is 0 Å². The van der Waals surface area contributed by atoms with Crippen LogP contribution in [-0.2, 0) is 22.9 Å². The van der Waals surface area contributed by atoms with Gasteiger partial charge in [0.1, 0.15) is 0 Å². The van der Waals surface area contributed by atoms with Crippen molar-refractivity contribution in [3.05, 3.63) is 75.4 Å². The van der Waals surface area contributed by atoms with E-state index in [2.05, 4.69) is 78.0 Å². The molecule has 0 radical (unpaired) electrons. The summed E-state index contributed by atoms with van der Waals surface area (Å²) >= 11 is -0.979. The van der Waals surface area contributed by atoms with Gasteiger partial charge < -0.3 is 0 Å². The molecule has 0 aromatic heterocycles.